The number of unbranched alkanes of at least 4 members (excludes halogenated alkanes) is 2. The van der Waals surface area contributed by atoms with E-state index in [0.717, 1.165) is 31.4 Å². The Labute approximate surface area is 183 Å². The normalized spacial score (nSPS) is 11.7. The second-order valence-electron chi connectivity index (χ2n) is 9.03. The highest BCUT2D eigenvalue weighted by molar-refractivity contribution is 6.88. The molecule has 0 aliphatic carbocycles. The summed E-state index contributed by atoms with van der Waals surface area (Å²) in [6.45, 7) is 7.61. The topological polar surface area (TPSA) is 0 Å². The summed E-state index contributed by atoms with van der Waals surface area (Å²) in [7, 11) is -2.28. The Morgan fingerprint density at radius 3 is 1.65 bits per heavy atom. The first-order valence-corrected chi connectivity index (χ1v) is 14.2. The van der Waals surface area contributed by atoms with Crippen molar-refractivity contribution in [1.82, 2.24) is 0 Å². The lowest BCUT2D eigenvalue weighted by atomic mass is 9.97. The molecule has 0 bridgehead atoms. The highest BCUT2D eigenvalue weighted by Crippen LogP contribution is 2.32. The van der Waals surface area contributed by atoms with Crippen molar-refractivity contribution in [2.75, 3.05) is 0 Å². The zero-order valence-corrected chi connectivity index (χ0v) is 19.5. The van der Waals surface area contributed by atoms with E-state index in [0.29, 0.717) is 11.1 Å². The second kappa shape index (κ2) is 9.39. The first-order valence-electron chi connectivity index (χ1n) is 10.7. The average Bonchev–Trinajstić information content (AvgIpc) is 2.66. The van der Waals surface area contributed by atoms with Crippen LogP contribution in [0.4, 0.5) is 17.6 Å². The molecule has 0 nitrogen and oxygen atoms in total. The molecule has 0 saturated heterocycles. The molecule has 31 heavy (non-hydrogen) atoms. The van der Waals surface area contributed by atoms with Crippen LogP contribution in [0, 0.1) is 23.3 Å². The van der Waals surface area contributed by atoms with Gasteiger partial charge < -0.3 is 0 Å². The molecule has 0 atom stereocenters. The molecule has 3 aromatic rings. The SMILES string of the molecule is CCCCCc1ccc(-c2cc(F)c(-c3cc(F)c([Si](C)(C)C)c(F)c3)c(F)c2)cc1. The van der Waals surface area contributed by atoms with E-state index in [1.54, 1.807) is 0 Å². The number of hydrogen-bond donors (Lipinski definition) is 0. The van der Waals surface area contributed by atoms with Crippen molar-refractivity contribution in [3.8, 4) is 22.3 Å². The van der Waals surface area contributed by atoms with Crippen molar-refractivity contribution in [1.29, 1.82) is 0 Å². The van der Waals surface area contributed by atoms with E-state index in [1.165, 1.54) is 24.1 Å². The Bertz CT molecular complexity index is 1020. The maximum Gasteiger partial charge on any atom is 0.134 e. The van der Waals surface area contributed by atoms with Crippen LogP contribution in [0.3, 0.4) is 0 Å². The van der Waals surface area contributed by atoms with Gasteiger partial charge in [0.2, 0.25) is 0 Å². The number of aryl methyl sites for hydroxylation is 1. The quantitative estimate of drug-likeness (QED) is 0.198. The molecule has 164 valence electrons. The fraction of sp³-hybridized carbons (Fsp3) is 0.308. The molecule has 0 amide bonds. The molecule has 0 heterocycles. The van der Waals surface area contributed by atoms with Gasteiger partial charge in [-0.3, -0.25) is 0 Å². The summed E-state index contributed by atoms with van der Waals surface area (Å²) < 4.78 is 59.0. The van der Waals surface area contributed by atoms with Gasteiger partial charge >= 0.3 is 0 Å². The van der Waals surface area contributed by atoms with Crippen LogP contribution < -0.4 is 5.19 Å². The van der Waals surface area contributed by atoms with E-state index in [1.807, 2.05) is 43.9 Å². The standard InChI is InChI=1S/C26H28F4Si/c1-5-6-7-8-17-9-11-18(12-10-17)19-13-21(27)25(22(28)14-19)20-15-23(29)26(24(30)16-20)31(2,3)4/h9-16H,5-8H2,1-4H3. The summed E-state index contributed by atoms with van der Waals surface area (Å²) in [6, 6.07) is 12.1. The number of benzene rings is 3. The van der Waals surface area contributed by atoms with E-state index < -0.39 is 36.9 Å². The Morgan fingerprint density at radius 2 is 1.16 bits per heavy atom. The van der Waals surface area contributed by atoms with Gasteiger partial charge in [0, 0.05) is 5.19 Å². The fourth-order valence-electron chi connectivity index (χ4n) is 3.89. The zero-order chi connectivity index (χ0) is 22.8. The largest absolute Gasteiger partial charge is 0.207 e. The van der Waals surface area contributed by atoms with Crippen LogP contribution in [-0.2, 0) is 6.42 Å². The third-order valence-electron chi connectivity index (χ3n) is 5.48. The van der Waals surface area contributed by atoms with Crippen LogP contribution in [0.25, 0.3) is 22.3 Å². The van der Waals surface area contributed by atoms with E-state index in [9.17, 15) is 17.6 Å². The first-order chi connectivity index (χ1) is 14.6. The van der Waals surface area contributed by atoms with E-state index in [4.69, 9.17) is 0 Å². The smallest absolute Gasteiger partial charge is 0.134 e. The molecule has 0 aliphatic rings. The van der Waals surface area contributed by atoms with Crippen LogP contribution in [-0.4, -0.2) is 8.07 Å². The Kier molecular flexibility index (Phi) is 7.05. The predicted molar refractivity (Wildman–Crippen MR) is 123 cm³/mol. The lowest BCUT2D eigenvalue weighted by Gasteiger charge is -2.19. The van der Waals surface area contributed by atoms with Crippen LogP contribution in [0.15, 0.2) is 48.5 Å². The zero-order valence-electron chi connectivity index (χ0n) is 18.5. The lowest BCUT2D eigenvalue weighted by molar-refractivity contribution is 0.585. The van der Waals surface area contributed by atoms with Crippen LogP contribution in [0.5, 0.6) is 0 Å². The van der Waals surface area contributed by atoms with Gasteiger partial charge in [-0.25, -0.2) is 17.6 Å². The van der Waals surface area contributed by atoms with Crippen molar-refractivity contribution in [2.24, 2.45) is 0 Å². The van der Waals surface area contributed by atoms with Gasteiger partial charge in [0.15, 0.2) is 0 Å². The Balaban J connectivity index is 1.94. The highest BCUT2D eigenvalue weighted by atomic mass is 28.3. The van der Waals surface area contributed by atoms with E-state index in [-0.39, 0.29) is 10.8 Å². The molecule has 5 heteroatoms. The predicted octanol–water partition coefficient (Wildman–Crippen LogP) is 7.85. The molecule has 0 N–H and O–H groups in total. The first kappa shape index (κ1) is 23.3. The van der Waals surface area contributed by atoms with Gasteiger partial charge in [0.25, 0.3) is 0 Å². The number of rotatable bonds is 7. The summed E-state index contributed by atoms with van der Waals surface area (Å²) in [5.41, 5.74) is 1.71. The highest BCUT2D eigenvalue weighted by Gasteiger charge is 2.27. The van der Waals surface area contributed by atoms with E-state index in [2.05, 4.69) is 6.92 Å². The summed E-state index contributed by atoms with van der Waals surface area (Å²) in [4.78, 5) is 0. The third kappa shape index (κ3) is 5.27. The maximum absolute atomic E-state index is 14.9. The minimum absolute atomic E-state index is 0.0349. The van der Waals surface area contributed by atoms with Crippen molar-refractivity contribution in [3.63, 3.8) is 0 Å². The summed E-state index contributed by atoms with van der Waals surface area (Å²) in [5, 5.41) is 0.0349. The molecule has 0 radical (unpaired) electrons. The van der Waals surface area contributed by atoms with Crippen molar-refractivity contribution < 1.29 is 17.6 Å². The average molecular weight is 445 g/mol. The van der Waals surface area contributed by atoms with Crippen molar-refractivity contribution in [3.05, 3.63) is 77.4 Å². The fourth-order valence-corrected chi connectivity index (χ4v) is 5.47. The lowest BCUT2D eigenvalue weighted by Crippen LogP contribution is -2.42. The minimum atomic E-state index is -2.28. The van der Waals surface area contributed by atoms with Crippen molar-refractivity contribution >= 4 is 13.3 Å². The molecule has 0 saturated carbocycles. The van der Waals surface area contributed by atoms with Crippen molar-refractivity contribution in [2.45, 2.75) is 52.2 Å². The monoisotopic (exact) mass is 444 g/mol. The number of halogens is 4. The van der Waals surface area contributed by atoms with Crippen LogP contribution in [0.2, 0.25) is 19.6 Å². The molecule has 3 rings (SSSR count). The Morgan fingerprint density at radius 1 is 0.645 bits per heavy atom. The molecular weight excluding hydrogens is 416 g/mol. The van der Waals surface area contributed by atoms with Gasteiger partial charge in [-0.1, -0.05) is 63.7 Å². The second-order valence-corrected chi connectivity index (χ2v) is 14.0. The maximum atomic E-state index is 14.9. The van der Waals surface area contributed by atoms with Crippen LogP contribution >= 0.6 is 0 Å². The molecule has 0 unspecified atom stereocenters. The molecule has 0 aromatic heterocycles. The molecular formula is C26H28F4Si. The molecule has 3 aromatic carbocycles. The molecule has 0 fully saturated rings. The number of hydrogen-bond acceptors (Lipinski definition) is 0. The summed E-state index contributed by atoms with van der Waals surface area (Å²) in [6.07, 6.45) is 4.40. The third-order valence-corrected chi connectivity index (χ3v) is 7.46. The minimum Gasteiger partial charge on any atom is -0.207 e. The van der Waals surface area contributed by atoms with Gasteiger partial charge in [-0.15, -0.1) is 0 Å². The Hall–Kier alpha value is -2.40. The van der Waals surface area contributed by atoms with Gasteiger partial charge in [-0.2, -0.15) is 0 Å². The van der Waals surface area contributed by atoms with Gasteiger partial charge in [0.1, 0.15) is 23.3 Å². The summed E-state index contributed by atoms with van der Waals surface area (Å²) in [5.74, 6) is -3.20. The molecule has 0 spiro atoms. The van der Waals surface area contributed by atoms with Gasteiger partial charge in [0.05, 0.1) is 13.6 Å². The molecule has 0 aliphatic heterocycles. The van der Waals surface area contributed by atoms with Gasteiger partial charge in [-0.05, 0) is 59.4 Å². The summed E-state index contributed by atoms with van der Waals surface area (Å²) >= 11 is 0. The van der Waals surface area contributed by atoms with Crippen LogP contribution in [0.1, 0.15) is 31.7 Å². The van der Waals surface area contributed by atoms with E-state index >= 15 is 0 Å².